The Balaban J connectivity index is 1.91. The van der Waals surface area contributed by atoms with Crippen LogP contribution in [0.3, 0.4) is 0 Å². The van der Waals surface area contributed by atoms with Gasteiger partial charge in [-0.25, -0.2) is 0 Å². The minimum atomic E-state index is 0.0783. The SMILES string of the molecule is CSc1ccccc1C(=O)N(Cc1cccs1)Cc1cccn1C. The van der Waals surface area contributed by atoms with E-state index in [1.54, 1.807) is 23.1 Å². The zero-order chi connectivity index (χ0) is 16.9. The fourth-order valence-corrected chi connectivity index (χ4v) is 3.95. The van der Waals surface area contributed by atoms with Gasteiger partial charge in [-0.3, -0.25) is 4.79 Å². The number of rotatable bonds is 6. The first-order valence-corrected chi connectivity index (χ1v) is 9.84. The second-order valence-electron chi connectivity index (χ2n) is 5.55. The Labute approximate surface area is 150 Å². The molecule has 0 N–H and O–H groups in total. The molecule has 3 nitrogen and oxygen atoms in total. The molecule has 0 bridgehead atoms. The van der Waals surface area contributed by atoms with E-state index in [-0.39, 0.29) is 5.91 Å². The molecule has 0 aliphatic carbocycles. The van der Waals surface area contributed by atoms with Gasteiger partial charge in [-0.15, -0.1) is 23.1 Å². The normalized spacial score (nSPS) is 10.8. The van der Waals surface area contributed by atoms with Crippen molar-refractivity contribution in [2.45, 2.75) is 18.0 Å². The number of carbonyl (C=O) groups is 1. The number of amides is 1. The van der Waals surface area contributed by atoms with Gasteiger partial charge in [-0.1, -0.05) is 18.2 Å². The number of aryl methyl sites for hydroxylation is 1. The van der Waals surface area contributed by atoms with Gasteiger partial charge in [0.05, 0.1) is 18.7 Å². The summed E-state index contributed by atoms with van der Waals surface area (Å²) in [6.45, 7) is 1.23. The van der Waals surface area contributed by atoms with E-state index < -0.39 is 0 Å². The first-order chi connectivity index (χ1) is 11.7. The number of benzene rings is 1. The molecule has 0 radical (unpaired) electrons. The predicted molar refractivity (Wildman–Crippen MR) is 102 cm³/mol. The van der Waals surface area contributed by atoms with E-state index in [4.69, 9.17) is 0 Å². The van der Waals surface area contributed by atoms with Gasteiger partial charge in [0.1, 0.15) is 0 Å². The second kappa shape index (κ2) is 7.73. The highest BCUT2D eigenvalue weighted by Gasteiger charge is 2.20. The Morgan fingerprint density at radius 2 is 1.96 bits per heavy atom. The van der Waals surface area contributed by atoms with Crippen LogP contribution >= 0.6 is 23.1 Å². The van der Waals surface area contributed by atoms with E-state index in [2.05, 4.69) is 22.1 Å². The first kappa shape index (κ1) is 16.9. The molecule has 1 aromatic carbocycles. The lowest BCUT2D eigenvalue weighted by Crippen LogP contribution is -2.31. The van der Waals surface area contributed by atoms with Crippen LogP contribution in [0.5, 0.6) is 0 Å². The number of carbonyl (C=O) groups excluding carboxylic acids is 1. The summed E-state index contributed by atoms with van der Waals surface area (Å²) in [6, 6.07) is 16.0. The lowest BCUT2D eigenvalue weighted by Gasteiger charge is -2.23. The molecule has 3 aromatic rings. The van der Waals surface area contributed by atoms with Crippen molar-refractivity contribution in [1.82, 2.24) is 9.47 Å². The van der Waals surface area contributed by atoms with Crippen LogP contribution in [0.15, 0.2) is 65.0 Å². The Morgan fingerprint density at radius 3 is 2.62 bits per heavy atom. The third kappa shape index (κ3) is 3.74. The lowest BCUT2D eigenvalue weighted by atomic mass is 10.2. The predicted octanol–water partition coefficient (Wildman–Crippen LogP) is 4.65. The number of hydrogen-bond acceptors (Lipinski definition) is 3. The third-order valence-corrected chi connectivity index (χ3v) is 5.61. The zero-order valence-corrected chi connectivity index (χ0v) is 15.4. The molecule has 1 amide bonds. The van der Waals surface area contributed by atoms with Gasteiger partial charge in [0, 0.05) is 28.7 Å². The summed E-state index contributed by atoms with van der Waals surface area (Å²) in [5.41, 5.74) is 1.90. The summed E-state index contributed by atoms with van der Waals surface area (Å²) >= 11 is 3.29. The molecule has 24 heavy (non-hydrogen) atoms. The molecule has 3 rings (SSSR count). The van der Waals surface area contributed by atoms with Crippen molar-refractivity contribution in [2.24, 2.45) is 7.05 Å². The molecule has 0 atom stereocenters. The number of nitrogens with zero attached hydrogens (tertiary/aromatic N) is 2. The van der Waals surface area contributed by atoms with Crippen molar-refractivity contribution in [1.29, 1.82) is 0 Å². The van der Waals surface area contributed by atoms with Crippen molar-refractivity contribution in [2.75, 3.05) is 6.26 Å². The highest BCUT2D eigenvalue weighted by atomic mass is 32.2. The molecular formula is C19H20N2OS2. The first-order valence-electron chi connectivity index (χ1n) is 7.74. The molecule has 2 heterocycles. The molecule has 0 aliphatic rings. The highest BCUT2D eigenvalue weighted by Crippen LogP contribution is 2.24. The third-order valence-electron chi connectivity index (χ3n) is 3.96. The standard InChI is InChI=1S/C19H20N2OS2/c1-20-11-5-7-15(20)13-21(14-16-8-6-12-24-16)19(22)17-9-3-4-10-18(17)23-2/h3-12H,13-14H2,1-2H3. The molecule has 0 unspecified atom stereocenters. The molecule has 124 valence electrons. The van der Waals surface area contributed by atoms with Gasteiger partial charge < -0.3 is 9.47 Å². The highest BCUT2D eigenvalue weighted by molar-refractivity contribution is 7.98. The van der Waals surface area contributed by atoms with Crippen LogP contribution in [-0.4, -0.2) is 21.6 Å². The Morgan fingerprint density at radius 1 is 1.12 bits per heavy atom. The van der Waals surface area contributed by atoms with Crippen LogP contribution in [-0.2, 0) is 20.1 Å². The summed E-state index contributed by atoms with van der Waals surface area (Å²) in [5, 5.41) is 2.05. The molecule has 2 aromatic heterocycles. The van der Waals surface area contributed by atoms with Crippen LogP contribution in [0.25, 0.3) is 0 Å². The van der Waals surface area contributed by atoms with Gasteiger partial charge in [-0.2, -0.15) is 0 Å². The van der Waals surface area contributed by atoms with E-state index in [9.17, 15) is 4.79 Å². The maximum absolute atomic E-state index is 13.2. The zero-order valence-electron chi connectivity index (χ0n) is 13.8. The van der Waals surface area contributed by atoms with Gasteiger partial charge in [-0.05, 0) is 42.0 Å². The minimum absolute atomic E-state index is 0.0783. The van der Waals surface area contributed by atoms with Crippen molar-refractivity contribution in [3.8, 4) is 0 Å². The van der Waals surface area contributed by atoms with E-state index >= 15 is 0 Å². The van der Waals surface area contributed by atoms with Crippen molar-refractivity contribution < 1.29 is 4.79 Å². The quantitative estimate of drug-likeness (QED) is 0.601. The topological polar surface area (TPSA) is 25.2 Å². The average molecular weight is 357 g/mol. The van der Waals surface area contributed by atoms with Crippen molar-refractivity contribution in [3.63, 3.8) is 0 Å². The molecule has 0 fully saturated rings. The average Bonchev–Trinajstić information content (AvgIpc) is 3.26. The Kier molecular flexibility index (Phi) is 5.43. The molecule has 5 heteroatoms. The maximum atomic E-state index is 13.2. The van der Waals surface area contributed by atoms with Crippen molar-refractivity contribution >= 4 is 29.0 Å². The second-order valence-corrected chi connectivity index (χ2v) is 7.43. The van der Waals surface area contributed by atoms with E-state index in [0.717, 1.165) is 16.2 Å². The van der Waals surface area contributed by atoms with Crippen LogP contribution in [0.4, 0.5) is 0 Å². The monoisotopic (exact) mass is 356 g/mol. The number of aromatic nitrogens is 1. The summed E-state index contributed by atoms with van der Waals surface area (Å²) in [5.74, 6) is 0.0783. The summed E-state index contributed by atoms with van der Waals surface area (Å²) < 4.78 is 2.06. The fourth-order valence-electron chi connectivity index (χ4n) is 2.64. The van der Waals surface area contributed by atoms with E-state index in [0.29, 0.717) is 13.1 Å². The summed E-state index contributed by atoms with van der Waals surface area (Å²) in [7, 11) is 2.01. The Bertz CT molecular complexity index is 808. The van der Waals surface area contributed by atoms with E-state index in [1.807, 2.05) is 60.8 Å². The molecular weight excluding hydrogens is 336 g/mol. The molecule has 0 saturated carbocycles. The maximum Gasteiger partial charge on any atom is 0.255 e. The summed E-state index contributed by atoms with van der Waals surface area (Å²) in [6.07, 6.45) is 4.02. The Hall–Kier alpha value is -1.98. The number of thioether (sulfide) groups is 1. The molecule has 0 spiro atoms. The van der Waals surface area contributed by atoms with Crippen LogP contribution in [0, 0.1) is 0 Å². The van der Waals surface area contributed by atoms with Crippen LogP contribution in [0.2, 0.25) is 0 Å². The van der Waals surface area contributed by atoms with Gasteiger partial charge in [0.15, 0.2) is 0 Å². The molecule has 0 aliphatic heterocycles. The number of hydrogen-bond donors (Lipinski definition) is 0. The largest absolute Gasteiger partial charge is 0.353 e. The van der Waals surface area contributed by atoms with Crippen LogP contribution in [0.1, 0.15) is 20.9 Å². The van der Waals surface area contributed by atoms with Gasteiger partial charge in [0.2, 0.25) is 0 Å². The number of thiophene rings is 1. The molecule has 0 saturated heterocycles. The smallest absolute Gasteiger partial charge is 0.255 e. The van der Waals surface area contributed by atoms with Crippen molar-refractivity contribution in [3.05, 3.63) is 76.2 Å². The van der Waals surface area contributed by atoms with Crippen LogP contribution < -0.4 is 0 Å². The fraction of sp³-hybridized carbons (Fsp3) is 0.211. The summed E-state index contributed by atoms with van der Waals surface area (Å²) in [4.78, 5) is 17.3. The van der Waals surface area contributed by atoms with Gasteiger partial charge >= 0.3 is 0 Å². The lowest BCUT2D eigenvalue weighted by molar-refractivity contribution is 0.0725. The van der Waals surface area contributed by atoms with E-state index in [1.165, 1.54) is 4.88 Å². The van der Waals surface area contributed by atoms with Gasteiger partial charge in [0.25, 0.3) is 5.91 Å². The minimum Gasteiger partial charge on any atom is -0.353 e.